The molecule has 0 unspecified atom stereocenters. The van der Waals surface area contributed by atoms with Crippen molar-refractivity contribution in [3.05, 3.63) is 45.7 Å². The number of halogens is 1. The van der Waals surface area contributed by atoms with Crippen LogP contribution in [-0.4, -0.2) is 22.2 Å². The van der Waals surface area contributed by atoms with Gasteiger partial charge in [-0.25, -0.2) is 0 Å². The molecule has 1 aromatic carbocycles. The Kier molecular flexibility index (Phi) is 7.26. The Bertz CT molecular complexity index is 720. The number of benzene rings is 1. The average Bonchev–Trinajstić information content (AvgIpc) is 2.86. The van der Waals surface area contributed by atoms with Gasteiger partial charge in [0.15, 0.2) is 0 Å². The lowest BCUT2D eigenvalue weighted by atomic mass is 9.97. The first-order valence-corrected chi connectivity index (χ1v) is 9.69. The molecule has 2 aromatic rings. The average molecular weight is 407 g/mol. The van der Waals surface area contributed by atoms with Crippen molar-refractivity contribution in [3.8, 4) is 11.1 Å². The molecule has 136 valence electrons. The zero-order valence-corrected chi connectivity index (χ0v) is 16.6. The number of unbranched alkanes of at least 4 members (excludes halogenated alkanes) is 2. The zero-order chi connectivity index (χ0) is 18.4. The van der Waals surface area contributed by atoms with Crippen LogP contribution in [0.15, 0.2) is 28.7 Å². The SMILES string of the molecule is CCCCCc1c(-c2ccc(Br)cc2)c(C(N)=O)c(C)n1CCCO. The second-order valence-corrected chi connectivity index (χ2v) is 7.25. The van der Waals surface area contributed by atoms with Crippen LogP contribution in [0.3, 0.4) is 0 Å². The Morgan fingerprint density at radius 3 is 2.44 bits per heavy atom. The maximum atomic E-state index is 12.2. The minimum Gasteiger partial charge on any atom is -0.396 e. The fourth-order valence-electron chi connectivity index (χ4n) is 3.36. The number of nitrogens with zero attached hydrogens (tertiary/aromatic N) is 1. The quantitative estimate of drug-likeness (QED) is 0.604. The second-order valence-electron chi connectivity index (χ2n) is 6.34. The molecule has 0 spiro atoms. The minimum absolute atomic E-state index is 0.130. The molecule has 2 rings (SSSR count). The third-order valence-electron chi connectivity index (χ3n) is 4.57. The Morgan fingerprint density at radius 1 is 1.20 bits per heavy atom. The largest absolute Gasteiger partial charge is 0.396 e. The highest BCUT2D eigenvalue weighted by atomic mass is 79.9. The first-order valence-electron chi connectivity index (χ1n) is 8.89. The number of carbonyl (C=O) groups is 1. The lowest BCUT2D eigenvalue weighted by Crippen LogP contribution is -2.13. The number of amides is 1. The number of aromatic nitrogens is 1. The number of aliphatic hydroxyl groups is 1. The summed E-state index contributed by atoms with van der Waals surface area (Å²) in [5, 5.41) is 9.25. The maximum absolute atomic E-state index is 12.2. The molecule has 25 heavy (non-hydrogen) atoms. The minimum atomic E-state index is -0.394. The summed E-state index contributed by atoms with van der Waals surface area (Å²) in [5.41, 5.74) is 10.3. The van der Waals surface area contributed by atoms with Crippen LogP contribution in [0.5, 0.6) is 0 Å². The van der Waals surface area contributed by atoms with Gasteiger partial charge in [0.1, 0.15) is 0 Å². The molecule has 0 bridgehead atoms. The summed E-state index contributed by atoms with van der Waals surface area (Å²) in [6.45, 7) is 4.95. The molecule has 1 amide bonds. The van der Waals surface area contributed by atoms with Crippen molar-refractivity contribution in [1.82, 2.24) is 4.57 Å². The van der Waals surface area contributed by atoms with Gasteiger partial charge in [-0.2, -0.15) is 0 Å². The van der Waals surface area contributed by atoms with Crippen LogP contribution in [0.1, 0.15) is 54.4 Å². The van der Waals surface area contributed by atoms with Gasteiger partial charge >= 0.3 is 0 Å². The van der Waals surface area contributed by atoms with E-state index in [0.29, 0.717) is 18.5 Å². The number of hydrogen-bond donors (Lipinski definition) is 2. The van der Waals surface area contributed by atoms with E-state index in [9.17, 15) is 9.90 Å². The van der Waals surface area contributed by atoms with Gasteiger partial charge in [-0.3, -0.25) is 4.79 Å². The molecule has 0 saturated heterocycles. The number of nitrogens with two attached hydrogens (primary N) is 1. The Labute approximate surface area is 158 Å². The third-order valence-corrected chi connectivity index (χ3v) is 5.10. The highest BCUT2D eigenvalue weighted by molar-refractivity contribution is 9.10. The molecule has 4 nitrogen and oxygen atoms in total. The highest BCUT2D eigenvalue weighted by Crippen LogP contribution is 2.34. The van der Waals surface area contributed by atoms with Gasteiger partial charge in [-0.05, 0) is 43.9 Å². The molecule has 0 aliphatic heterocycles. The van der Waals surface area contributed by atoms with E-state index in [1.807, 2.05) is 31.2 Å². The molecule has 0 aliphatic rings. The van der Waals surface area contributed by atoms with Crippen LogP contribution < -0.4 is 5.73 Å². The monoisotopic (exact) mass is 406 g/mol. The van der Waals surface area contributed by atoms with Gasteiger partial charge in [0.05, 0.1) is 5.56 Å². The molecule has 3 N–H and O–H groups in total. The summed E-state index contributed by atoms with van der Waals surface area (Å²) in [4.78, 5) is 12.2. The predicted molar refractivity (Wildman–Crippen MR) is 106 cm³/mol. The first kappa shape index (κ1) is 19.7. The van der Waals surface area contributed by atoms with Gasteiger partial charge in [0.25, 0.3) is 5.91 Å². The first-order chi connectivity index (χ1) is 12.0. The van der Waals surface area contributed by atoms with Crippen molar-refractivity contribution >= 4 is 21.8 Å². The standard InChI is InChI=1S/C20H27BrN2O2/c1-3-4-5-7-17-19(15-8-10-16(21)11-9-15)18(20(22)25)14(2)23(17)12-6-13-24/h8-11,24H,3-7,12-13H2,1-2H3,(H2,22,25). The molecule has 0 atom stereocenters. The molecule has 5 heteroatoms. The van der Waals surface area contributed by atoms with Crippen molar-refractivity contribution in [2.75, 3.05) is 6.61 Å². The molecule has 0 saturated carbocycles. The predicted octanol–water partition coefficient (Wildman–Crippen LogP) is 4.44. The van der Waals surface area contributed by atoms with Crippen LogP contribution in [0.25, 0.3) is 11.1 Å². The lowest BCUT2D eigenvalue weighted by molar-refractivity contribution is 0.1000. The van der Waals surface area contributed by atoms with Gasteiger partial charge in [-0.1, -0.05) is 47.8 Å². The van der Waals surface area contributed by atoms with Gasteiger partial charge in [0.2, 0.25) is 0 Å². The normalized spacial score (nSPS) is 11.0. The highest BCUT2D eigenvalue weighted by Gasteiger charge is 2.24. The fourth-order valence-corrected chi connectivity index (χ4v) is 3.62. The van der Waals surface area contributed by atoms with Crippen molar-refractivity contribution in [2.45, 2.75) is 52.5 Å². The van der Waals surface area contributed by atoms with Crippen LogP contribution in [0.4, 0.5) is 0 Å². The van der Waals surface area contributed by atoms with Gasteiger partial charge in [0, 0.05) is 34.6 Å². The van der Waals surface area contributed by atoms with Crippen LogP contribution in [0, 0.1) is 6.92 Å². The van der Waals surface area contributed by atoms with E-state index < -0.39 is 5.91 Å². The summed E-state index contributed by atoms with van der Waals surface area (Å²) < 4.78 is 3.17. The number of carbonyl (C=O) groups excluding carboxylic acids is 1. The zero-order valence-electron chi connectivity index (χ0n) is 15.0. The lowest BCUT2D eigenvalue weighted by Gasteiger charge is -2.13. The molecule has 0 aliphatic carbocycles. The Balaban J connectivity index is 2.62. The van der Waals surface area contributed by atoms with Crippen LogP contribution in [-0.2, 0) is 13.0 Å². The topological polar surface area (TPSA) is 68.2 Å². The Morgan fingerprint density at radius 2 is 1.88 bits per heavy atom. The Hall–Kier alpha value is -1.59. The number of hydrogen-bond acceptors (Lipinski definition) is 2. The van der Waals surface area contributed by atoms with E-state index in [0.717, 1.165) is 52.7 Å². The molecular weight excluding hydrogens is 380 g/mol. The van der Waals surface area contributed by atoms with Gasteiger partial charge in [-0.15, -0.1) is 0 Å². The van der Waals surface area contributed by atoms with E-state index in [1.165, 1.54) is 0 Å². The fraction of sp³-hybridized carbons (Fsp3) is 0.450. The van der Waals surface area contributed by atoms with E-state index in [2.05, 4.69) is 27.4 Å². The van der Waals surface area contributed by atoms with Crippen LogP contribution in [0.2, 0.25) is 0 Å². The van der Waals surface area contributed by atoms with Crippen LogP contribution >= 0.6 is 15.9 Å². The summed E-state index contributed by atoms with van der Waals surface area (Å²) >= 11 is 3.46. The number of aliphatic hydroxyl groups excluding tert-OH is 1. The maximum Gasteiger partial charge on any atom is 0.251 e. The smallest absolute Gasteiger partial charge is 0.251 e. The van der Waals surface area contributed by atoms with E-state index in [4.69, 9.17) is 5.73 Å². The van der Waals surface area contributed by atoms with Gasteiger partial charge < -0.3 is 15.4 Å². The summed E-state index contributed by atoms with van der Waals surface area (Å²) in [7, 11) is 0. The van der Waals surface area contributed by atoms with Crippen molar-refractivity contribution in [1.29, 1.82) is 0 Å². The second kappa shape index (κ2) is 9.20. The van der Waals surface area contributed by atoms with E-state index in [-0.39, 0.29) is 6.61 Å². The molecule has 1 heterocycles. The summed E-state index contributed by atoms with van der Waals surface area (Å²) in [6, 6.07) is 8.00. The van der Waals surface area contributed by atoms with Crippen molar-refractivity contribution in [2.24, 2.45) is 5.73 Å². The summed E-state index contributed by atoms with van der Waals surface area (Å²) in [5.74, 6) is -0.394. The van der Waals surface area contributed by atoms with E-state index >= 15 is 0 Å². The number of primary amides is 1. The number of rotatable bonds is 9. The molecule has 0 fully saturated rings. The van der Waals surface area contributed by atoms with Crippen molar-refractivity contribution in [3.63, 3.8) is 0 Å². The molecule has 1 aromatic heterocycles. The van der Waals surface area contributed by atoms with E-state index in [1.54, 1.807) is 0 Å². The third kappa shape index (κ3) is 4.53. The molecular formula is C20H27BrN2O2. The van der Waals surface area contributed by atoms with Crippen molar-refractivity contribution < 1.29 is 9.90 Å². The molecule has 0 radical (unpaired) electrons. The summed E-state index contributed by atoms with van der Waals surface area (Å²) in [6.07, 6.45) is 4.93.